The van der Waals surface area contributed by atoms with Gasteiger partial charge in [0.15, 0.2) is 0 Å². The van der Waals surface area contributed by atoms with Crippen LogP contribution in [0.1, 0.15) is 26.2 Å². The summed E-state index contributed by atoms with van der Waals surface area (Å²) in [5.74, 6) is -2.15. The van der Waals surface area contributed by atoms with Crippen molar-refractivity contribution < 1.29 is 58.8 Å². The molecule has 12 heteroatoms. The molecule has 0 aliphatic carbocycles. The van der Waals surface area contributed by atoms with Gasteiger partial charge in [-0.3, -0.25) is 9.59 Å². The first kappa shape index (κ1) is 34.2. The molecule has 0 fully saturated rings. The fourth-order valence-corrected chi connectivity index (χ4v) is 1.42. The Bertz CT molecular complexity index is 323. The minimum atomic E-state index is -1.08. The second-order valence-corrected chi connectivity index (χ2v) is 5.52. The number of ether oxygens (including phenoxy) is 5. The number of aliphatic hydroxyl groups excluding tert-OH is 3. The van der Waals surface area contributed by atoms with E-state index in [0.717, 1.165) is 13.0 Å². The van der Waals surface area contributed by atoms with Crippen LogP contribution < -0.4 is 0 Å². The van der Waals surface area contributed by atoms with Gasteiger partial charge in [-0.25, -0.2) is 0 Å². The average Bonchev–Trinajstić information content (AvgIpc) is 2.74. The summed E-state index contributed by atoms with van der Waals surface area (Å²) in [4.78, 5) is 19.3. The van der Waals surface area contributed by atoms with Crippen molar-refractivity contribution in [2.45, 2.75) is 26.2 Å². The SMILES string of the molecule is CCCOCCOCCOCCO.O=C(O)CCC(=O)O.OCCOCCOCCO. The molecule has 0 spiro atoms. The summed E-state index contributed by atoms with van der Waals surface area (Å²) in [7, 11) is 0. The summed E-state index contributed by atoms with van der Waals surface area (Å²) in [6, 6.07) is 0. The molecule has 0 aromatic carbocycles. The van der Waals surface area contributed by atoms with Crippen LogP contribution in [-0.4, -0.2) is 123 Å². The fraction of sp³-hybridized carbons (Fsp3) is 0.895. The Morgan fingerprint density at radius 3 is 1.00 bits per heavy atom. The number of hydrogen-bond donors (Lipinski definition) is 5. The Balaban J connectivity index is -0.000000392. The molecule has 0 bridgehead atoms. The minimum Gasteiger partial charge on any atom is -0.481 e. The highest BCUT2D eigenvalue weighted by Crippen LogP contribution is 1.86. The number of aliphatic hydroxyl groups is 3. The molecule has 0 saturated carbocycles. The summed E-state index contributed by atoms with van der Waals surface area (Å²) in [5.41, 5.74) is 0. The lowest BCUT2D eigenvalue weighted by Gasteiger charge is -2.05. The van der Waals surface area contributed by atoms with Gasteiger partial charge in [-0.2, -0.15) is 0 Å². The van der Waals surface area contributed by atoms with Crippen LogP contribution in [0.5, 0.6) is 0 Å². The topological polar surface area (TPSA) is 181 Å². The van der Waals surface area contributed by atoms with Gasteiger partial charge in [0.1, 0.15) is 0 Å². The van der Waals surface area contributed by atoms with Crippen LogP contribution in [-0.2, 0) is 33.3 Å². The molecule has 12 nitrogen and oxygen atoms in total. The van der Waals surface area contributed by atoms with Crippen LogP contribution >= 0.6 is 0 Å². The first-order chi connectivity index (χ1) is 15.0. The fourth-order valence-electron chi connectivity index (χ4n) is 1.42. The van der Waals surface area contributed by atoms with Crippen LogP contribution in [0, 0.1) is 0 Å². The van der Waals surface area contributed by atoms with E-state index in [1.807, 2.05) is 0 Å². The second-order valence-electron chi connectivity index (χ2n) is 5.52. The van der Waals surface area contributed by atoms with Gasteiger partial charge in [-0.15, -0.1) is 0 Å². The summed E-state index contributed by atoms with van der Waals surface area (Å²) in [5, 5.41) is 40.7. The van der Waals surface area contributed by atoms with Crippen molar-refractivity contribution in [3.05, 3.63) is 0 Å². The van der Waals surface area contributed by atoms with Crippen LogP contribution in [0.3, 0.4) is 0 Å². The van der Waals surface area contributed by atoms with E-state index >= 15 is 0 Å². The molecule has 0 rings (SSSR count). The smallest absolute Gasteiger partial charge is 0.303 e. The zero-order valence-corrected chi connectivity index (χ0v) is 18.4. The van der Waals surface area contributed by atoms with Crippen molar-refractivity contribution in [2.75, 3.05) is 85.9 Å². The Morgan fingerprint density at radius 2 is 0.774 bits per heavy atom. The summed E-state index contributed by atoms with van der Waals surface area (Å²) < 4.78 is 25.1. The van der Waals surface area contributed by atoms with E-state index < -0.39 is 11.9 Å². The molecule has 31 heavy (non-hydrogen) atoms. The van der Waals surface area contributed by atoms with Crippen LogP contribution in [0.2, 0.25) is 0 Å². The molecule has 0 aliphatic rings. The van der Waals surface area contributed by atoms with Gasteiger partial charge in [-0.05, 0) is 6.42 Å². The lowest BCUT2D eigenvalue weighted by atomic mass is 10.3. The third kappa shape index (κ3) is 47.7. The molecule has 5 N–H and O–H groups in total. The van der Waals surface area contributed by atoms with Crippen molar-refractivity contribution in [1.82, 2.24) is 0 Å². The maximum Gasteiger partial charge on any atom is 0.303 e. The molecule has 0 aromatic rings. The van der Waals surface area contributed by atoms with Gasteiger partial charge in [0.2, 0.25) is 0 Å². The summed E-state index contributed by atoms with van der Waals surface area (Å²) in [6.07, 6.45) is 0.449. The van der Waals surface area contributed by atoms with Crippen LogP contribution in [0.4, 0.5) is 0 Å². The van der Waals surface area contributed by atoms with Gasteiger partial charge in [-0.1, -0.05) is 6.92 Å². The molecule has 0 atom stereocenters. The highest BCUT2D eigenvalue weighted by Gasteiger charge is 2.00. The molecule has 0 saturated heterocycles. The monoisotopic (exact) mass is 460 g/mol. The number of hydrogen-bond acceptors (Lipinski definition) is 10. The van der Waals surface area contributed by atoms with Crippen molar-refractivity contribution in [1.29, 1.82) is 0 Å². The van der Waals surface area contributed by atoms with Gasteiger partial charge < -0.3 is 49.2 Å². The number of aliphatic carboxylic acids is 2. The predicted molar refractivity (Wildman–Crippen MR) is 110 cm³/mol. The highest BCUT2D eigenvalue weighted by atomic mass is 16.5. The predicted octanol–water partition coefficient (Wildman–Crippen LogP) is -0.621. The summed E-state index contributed by atoms with van der Waals surface area (Å²) >= 11 is 0. The van der Waals surface area contributed by atoms with Gasteiger partial charge in [0.25, 0.3) is 0 Å². The highest BCUT2D eigenvalue weighted by molar-refractivity contribution is 5.75. The van der Waals surface area contributed by atoms with Gasteiger partial charge >= 0.3 is 11.9 Å². The maximum atomic E-state index is 9.64. The number of carboxylic acids is 2. The van der Waals surface area contributed by atoms with Crippen molar-refractivity contribution in [3.8, 4) is 0 Å². The maximum absolute atomic E-state index is 9.64. The lowest BCUT2D eigenvalue weighted by molar-refractivity contribution is -0.143. The van der Waals surface area contributed by atoms with Crippen LogP contribution in [0.15, 0.2) is 0 Å². The number of rotatable bonds is 20. The zero-order valence-electron chi connectivity index (χ0n) is 18.4. The number of carbonyl (C=O) groups is 2. The molecular weight excluding hydrogens is 420 g/mol. The van der Waals surface area contributed by atoms with E-state index in [4.69, 9.17) is 49.2 Å². The van der Waals surface area contributed by atoms with Crippen LogP contribution in [0.25, 0.3) is 0 Å². The van der Waals surface area contributed by atoms with Crippen molar-refractivity contribution >= 4 is 11.9 Å². The van der Waals surface area contributed by atoms with Crippen molar-refractivity contribution in [2.24, 2.45) is 0 Å². The second kappa shape index (κ2) is 33.3. The molecule has 0 radical (unpaired) electrons. The zero-order chi connectivity index (χ0) is 24.0. The standard InChI is InChI=1S/C9H20O4.C6H14O4.C4H6O4/c1-2-4-11-6-8-13-9-7-12-5-3-10;7-1-3-9-5-6-10-4-2-8;5-3(6)1-2-4(7)8/h10H,2-9H2,1H3;7-8H,1-6H2;1-2H2,(H,5,6)(H,7,8). The molecule has 0 aliphatic heterocycles. The van der Waals surface area contributed by atoms with E-state index in [9.17, 15) is 9.59 Å². The van der Waals surface area contributed by atoms with E-state index in [2.05, 4.69) is 6.92 Å². The third-order valence-electron chi connectivity index (χ3n) is 2.72. The Hall–Kier alpha value is -1.38. The molecule has 188 valence electrons. The Labute approximate surface area is 183 Å². The van der Waals surface area contributed by atoms with E-state index in [-0.39, 0.29) is 32.7 Å². The van der Waals surface area contributed by atoms with E-state index in [0.29, 0.717) is 59.5 Å². The Morgan fingerprint density at radius 1 is 0.516 bits per heavy atom. The molecule has 0 aromatic heterocycles. The normalized spacial score (nSPS) is 9.94. The van der Waals surface area contributed by atoms with Crippen molar-refractivity contribution in [3.63, 3.8) is 0 Å². The largest absolute Gasteiger partial charge is 0.481 e. The average molecular weight is 461 g/mol. The summed E-state index contributed by atoms with van der Waals surface area (Å²) in [6.45, 7) is 7.41. The molecule has 0 heterocycles. The number of carboxylic acid groups (broad SMARTS) is 2. The first-order valence-electron chi connectivity index (χ1n) is 10.1. The first-order valence-corrected chi connectivity index (χ1v) is 10.1. The lowest BCUT2D eigenvalue weighted by Crippen LogP contribution is -2.10. The van der Waals surface area contributed by atoms with E-state index in [1.165, 1.54) is 0 Å². The van der Waals surface area contributed by atoms with Gasteiger partial charge in [0.05, 0.1) is 92.1 Å². The Kier molecular flexibility index (Phi) is 36.7. The quantitative estimate of drug-likeness (QED) is 0.145. The third-order valence-corrected chi connectivity index (χ3v) is 2.72. The molecule has 0 amide bonds. The molecule has 0 unspecified atom stereocenters. The van der Waals surface area contributed by atoms with Gasteiger partial charge in [0, 0.05) is 6.61 Å². The van der Waals surface area contributed by atoms with E-state index in [1.54, 1.807) is 0 Å². The minimum absolute atomic E-state index is 0.0417. The molecular formula is C19H40O12.